The van der Waals surface area contributed by atoms with Gasteiger partial charge < -0.3 is 25.2 Å². The van der Waals surface area contributed by atoms with Crippen molar-refractivity contribution in [2.24, 2.45) is 11.8 Å². The molecule has 2 fully saturated rings. The van der Waals surface area contributed by atoms with E-state index in [2.05, 4.69) is 20.2 Å². The van der Waals surface area contributed by atoms with Gasteiger partial charge in [-0.2, -0.15) is 0 Å². The van der Waals surface area contributed by atoms with Gasteiger partial charge in [-0.15, -0.1) is 0 Å². The van der Waals surface area contributed by atoms with E-state index in [1.807, 2.05) is 31.2 Å². The first-order chi connectivity index (χ1) is 18.9. The average Bonchev–Trinajstić information content (AvgIpc) is 3.76. The number of phenols is 1. The molecule has 2 aliphatic rings. The number of benzene rings is 1. The number of carboxylic acid groups (broad SMARTS) is 1. The van der Waals surface area contributed by atoms with Gasteiger partial charge in [0.15, 0.2) is 0 Å². The number of nitrogens with zero attached hydrogens (tertiary/aromatic N) is 3. The normalized spacial score (nSPS) is 16.5. The van der Waals surface area contributed by atoms with Gasteiger partial charge >= 0.3 is 5.97 Å². The third-order valence-electron chi connectivity index (χ3n) is 7.55. The lowest BCUT2D eigenvalue weighted by Crippen LogP contribution is -2.36. The molecule has 5 rings (SSSR count). The molecule has 1 aliphatic carbocycles. The number of anilines is 2. The highest BCUT2D eigenvalue weighted by molar-refractivity contribution is 6.08. The molecule has 3 heterocycles. The number of nitrogens with one attached hydrogen (secondary N) is 1. The Hall–Kier alpha value is -4.14. The van der Waals surface area contributed by atoms with Crippen molar-refractivity contribution in [2.75, 3.05) is 29.9 Å². The summed E-state index contributed by atoms with van der Waals surface area (Å²) in [5, 5.41) is 22.3. The Morgan fingerprint density at radius 3 is 2.62 bits per heavy atom. The number of phenolic OH excluding ortho intramolecular Hbond substituents is 1. The summed E-state index contributed by atoms with van der Waals surface area (Å²) in [4.78, 5) is 35.3. The van der Waals surface area contributed by atoms with Crippen molar-refractivity contribution in [3.05, 3.63) is 71.5 Å². The maximum Gasteiger partial charge on any atom is 0.303 e. The molecule has 1 aromatic carbocycles. The van der Waals surface area contributed by atoms with Crippen molar-refractivity contribution < 1.29 is 24.5 Å². The molecule has 9 heteroatoms. The minimum absolute atomic E-state index is 0.00599. The van der Waals surface area contributed by atoms with Crippen LogP contribution in [0.2, 0.25) is 0 Å². The Balaban J connectivity index is 1.19. The second kappa shape index (κ2) is 11.7. The molecule has 3 aromatic rings. The number of hydrogen-bond donors (Lipinski definition) is 3. The van der Waals surface area contributed by atoms with Crippen LogP contribution >= 0.6 is 0 Å². The molecule has 1 aliphatic heterocycles. The standard InChI is InChI=1S/C30H34N4O5/c1-19-3-2-4-27(32-19)33-30(38)24-8-7-23(35)16-26(24)34-13-10-20(11-14-34)18-39-28-15-22(9-12-31-28)25(17-29(36)37)21-5-6-21/h2-4,7-9,12,15-16,20-21,25,35H,5-6,10-11,13-14,17-18H2,1H3,(H,36,37)(H,32,33,38). The SMILES string of the molecule is Cc1cccc(NC(=O)c2ccc(O)cc2N2CCC(COc3cc(C(CC(=O)O)C4CC4)ccn3)CC2)n1. The van der Waals surface area contributed by atoms with Crippen molar-refractivity contribution in [1.29, 1.82) is 0 Å². The molecule has 0 bridgehead atoms. The average molecular weight is 531 g/mol. The van der Waals surface area contributed by atoms with E-state index in [-0.39, 0.29) is 24.0 Å². The highest BCUT2D eigenvalue weighted by atomic mass is 16.5. The van der Waals surface area contributed by atoms with Gasteiger partial charge in [-0.3, -0.25) is 9.59 Å². The zero-order chi connectivity index (χ0) is 27.4. The number of piperidine rings is 1. The van der Waals surface area contributed by atoms with Crippen molar-refractivity contribution in [3.63, 3.8) is 0 Å². The maximum atomic E-state index is 13.1. The van der Waals surface area contributed by atoms with E-state index in [0.29, 0.717) is 41.4 Å². The smallest absolute Gasteiger partial charge is 0.303 e. The highest BCUT2D eigenvalue weighted by Gasteiger charge is 2.34. The lowest BCUT2D eigenvalue weighted by atomic mass is 9.92. The van der Waals surface area contributed by atoms with E-state index >= 15 is 0 Å². The van der Waals surface area contributed by atoms with Gasteiger partial charge in [0.2, 0.25) is 5.88 Å². The number of ether oxygens (including phenoxy) is 1. The summed E-state index contributed by atoms with van der Waals surface area (Å²) in [5.41, 5.74) is 2.97. The molecule has 1 atom stereocenters. The van der Waals surface area contributed by atoms with Crippen LogP contribution in [0.4, 0.5) is 11.5 Å². The van der Waals surface area contributed by atoms with Crippen LogP contribution in [0.5, 0.6) is 11.6 Å². The number of amides is 1. The molecule has 0 spiro atoms. The summed E-state index contributed by atoms with van der Waals surface area (Å²) >= 11 is 0. The number of aromatic nitrogens is 2. The lowest BCUT2D eigenvalue weighted by molar-refractivity contribution is -0.137. The van der Waals surface area contributed by atoms with E-state index in [9.17, 15) is 19.8 Å². The molecule has 3 N–H and O–H groups in total. The zero-order valence-corrected chi connectivity index (χ0v) is 22.0. The number of aryl methyl sites for hydroxylation is 1. The van der Waals surface area contributed by atoms with Crippen molar-refractivity contribution >= 4 is 23.4 Å². The summed E-state index contributed by atoms with van der Waals surface area (Å²) < 4.78 is 6.05. The zero-order valence-electron chi connectivity index (χ0n) is 22.0. The van der Waals surface area contributed by atoms with Crippen molar-refractivity contribution in [1.82, 2.24) is 9.97 Å². The van der Waals surface area contributed by atoms with Gasteiger partial charge in [0.1, 0.15) is 11.6 Å². The second-order valence-electron chi connectivity index (χ2n) is 10.5. The van der Waals surface area contributed by atoms with E-state index < -0.39 is 5.97 Å². The molecular formula is C30H34N4O5. The summed E-state index contributed by atoms with van der Waals surface area (Å²) in [7, 11) is 0. The van der Waals surface area contributed by atoms with Crippen LogP contribution < -0.4 is 15.0 Å². The Morgan fingerprint density at radius 2 is 1.90 bits per heavy atom. The van der Waals surface area contributed by atoms with Gasteiger partial charge in [0.05, 0.1) is 24.3 Å². The van der Waals surface area contributed by atoms with E-state index in [4.69, 9.17) is 4.74 Å². The molecule has 1 saturated carbocycles. The fourth-order valence-electron chi connectivity index (χ4n) is 5.29. The van der Waals surface area contributed by atoms with Gasteiger partial charge in [-0.25, -0.2) is 9.97 Å². The van der Waals surface area contributed by atoms with Crippen LogP contribution in [-0.2, 0) is 4.79 Å². The summed E-state index contributed by atoms with van der Waals surface area (Å²) in [6.45, 7) is 3.82. The topological polar surface area (TPSA) is 125 Å². The van der Waals surface area contributed by atoms with E-state index in [1.165, 1.54) is 6.07 Å². The maximum absolute atomic E-state index is 13.1. The fourth-order valence-corrected chi connectivity index (χ4v) is 5.29. The van der Waals surface area contributed by atoms with Gasteiger partial charge in [0, 0.05) is 37.1 Å². The third-order valence-corrected chi connectivity index (χ3v) is 7.55. The minimum Gasteiger partial charge on any atom is -0.508 e. The van der Waals surface area contributed by atoms with Crippen LogP contribution in [0.15, 0.2) is 54.7 Å². The Labute approximate surface area is 227 Å². The molecule has 39 heavy (non-hydrogen) atoms. The van der Waals surface area contributed by atoms with Crippen molar-refractivity contribution in [2.45, 2.75) is 44.9 Å². The molecule has 0 radical (unpaired) electrons. The molecule has 1 unspecified atom stereocenters. The van der Waals surface area contributed by atoms with Crippen LogP contribution in [0.1, 0.15) is 59.6 Å². The fraction of sp³-hybridized carbons (Fsp3) is 0.400. The molecule has 2 aromatic heterocycles. The second-order valence-corrected chi connectivity index (χ2v) is 10.5. The van der Waals surface area contributed by atoms with E-state index in [1.54, 1.807) is 24.4 Å². The number of aromatic hydroxyl groups is 1. The van der Waals surface area contributed by atoms with Crippen LogP contribution in [0.25, 0.3) is 0 Å². The molecular weight excluding hydrogens is 496 g/mol. The molecule has 1 amide bonds. The summed E-state index contributed by atoms with van der Waals surface area (Å²) in [5.74, 6) is 0.824. The summed E-state index contributed by atoms with van der Waals surface area (Å²) in [6, 6.07) is 14.0. The molecule has 9 nitrogen and oxygen atoms in total. The third kappa shape index (κ3) is 6.85. The number of aliphatic carboxylic acids is 1. The van der Waals surface area contributed by atoms with E-state index in [0.717, 1.165) is 50.0 Å². The van der Waals surface area contributed by atoms with Crippen LogP contribution in [0.3, 0.4) is 0 Å². The first-order valence-corrected chi connectivity index (χ1v) is 13.5. The van der Waals surface area contributed by atoms with Crippen molar-refractivity contribution in [3.8, 4) is 11.6 Å². The minimum atomic E-state index is -0.780. The number of carbonyl (C=O) groups excluding carboxylic acids is 1. The van der Waals surface area contributed by atoms with Gasteiger partial charge in [0.25, 0.3) is 5.91 Å². The number of carboxylic acids is 1. The Kier molecular flexibility index (Phi) is 7.95. The van der Waals surface area contributed by atoms with Crippen LogP contribution in [-0.4, -0.2) is 51.8 Å². The molecule has 204 valence electrons. The molecule has 1 saturated heterocycles. The quantitative estimate of drug-likeness (QED) is 0.334. The monoisotopic (exact) mass is 530 g/mol. The number of rotatable bonds is 10. The Bertz CT molecular complexity index is 1330. The first kappa shape index (κ1) is 26.5. The predicted octanol–water partition coefficient (Wildman–Crippen LogP) is 5.01. The largest absolute Gasteiger partial charge is 0.508 e. The summed E-state index contributed by atoms with van der Waals surface area (Å²) in [6.07, 6.45) is 5.69. The van der Waals surface area contributed by atoms with Crippen LogP contribution in [0, 0.1) is 18.8 Å². The highest BCUT2D eigenvalue weighted by Crippen LogP contribution is 2.45. The number of hydrogen-bond acceptors (Lipinski definition) is 7. The number of carbonyl (C=O) groups is 2. The first-order valence-electron chi connectivity index (χ1n) is 13.5. The Morgan fingerprint density at radius 1 is 1.10 bits per heavy atom. The lowest BCUT2D eigenvalue weighted by Gasteiger charge is -2.34. The predicted molar refractivity (Wildman–Crippen MR) is 147 cm³/mol. The number of pyridine rings is 2. The van der Waals surface area contributed by atoms with Gasteiger partial charge in [-0.05, 0) is 86.3 Å². The van der Waals surface area contributed by atoms with Gasteiger partial charge in [-0.1, -0.05) is 6.07 Å².